The molecule has 0 spiro atoms. The number of rotatable bonds is 3. The predicted molar refractivity (Wildman–Crippen MR) is 94.8 cm³/mol. The van der Waals surface area contributed by atoms with Crippen molar-refractivity contribution in [3.05, 3.63) is 46.5 Å². The van der Waals surface area contributed by atoms with Gasteiger partial charge in [0.05, 0.1) is 21.3 Å². The van der Waals surface area contributed by atoms with Gasteiger partial charge in [-0.05, 0) is 59.4 Å². The first-order valence-corrected chi connectivity index (χ1v) is 8.52. The van der Waals surface area contributed by atoms with E-state index in [0.29, 0.717) is 11.8 Å². The lowest BCUT2D eigenvalue weighted by Crippen LogP contribution is -2.39. The molecular formula is C20H23NO4. The summed E-state index contributed by atoms with van der Waals surface area (Å²) in [6, 6.07) is 8.33. The van der Waals surface area contributed by atoms with Crippen molar-refractivity contribution in [2.45, 2.75) is 25.4 Å². The number of methoxy groups -OCH3 is 3. The van der Waals surface area contributed by atoms with Gasteiger partial charge in [0.1, 0.15) is 0 Å². The molecule has 2 aliphatic heterocycles. The third kappa shape index (κ3) is 2.59. The van der Waals surface area contributed by atoms with Crippen LogP contribution in [0.3, 0.4) is 0 Å². The fourth-order valence-corrected chi connectivity index (χ4v) is 4.09. The van der Waals surface area contributed by atoms with Gasteiger partial charge in [-0.1, -0.05) is 0 Å². The molecule has 0 aromatic heterocycles. The summed E-state index contributed by atoms with van der Waals surface area (Å²) in [5, 5.41) is 10.1. The molecule has 0 amide bonds. The Morgan fingerprint density at radius 1 is 0.880 bits per heavy atom. The average Bonchev–Trinajstić information content (AvgIpc) is 2.64. The minimum atomic E-state index is 0.220. The molecule has 2 aromatic rings. The fraction of sp³-hybridized carbons (Fsp3) is 0.400. The molecule has 2 aliphatic rings. The van der Waals surface area contributed by atoms with Gasteiger partial charge in [0.2, 0.25) is 0 Å². The van der Waals surface area contributed by atoms with E-state index >= 15 is 0 Å². The van der Waals surface area contributed by atoms with Crippen molar-refractivity contribution >= 4 is 0 Å². The molecule has 132 valence electrons. The minimum Gasteiger partial charge on any atom is -0.504 e. The van der Waals surface area contributed by atoms with E-state index in [4.69, 9.17) is 14.2 Å². The number of phenolic OH excluding ortho intramolecular Hbond substituents is 1. The molecule has 5 nitrogen and oxygen atoms in total. The highest BCUT2D eigenvalue weighted by Gasteiger charge is 2.33. The van der Waals surface area contributed by atoms with Crippen LogP contribution in [0.1, 0.15) is 28.3 Å². The summed E-state index contributed by atoms with van der Waals surface area (Å²) in [4.78, 5) is 2.49. The van der Waals surface area contributed by atoms with Crippen LogP contribution < -0.4 is 14.2 Å². The van der Waals surface area contributed by atoms with Crippen LogP contribution in [0.2, 0.25) is 0 Å². The molecule has 0 fully saturated rings. The number of phenols is 1. The van der Waals surface area contributed by atoms with Gasteiger partial charge in [0, 0.05) is 19.1 Å². The lowest BCUT2D eigenvalue weighted by molar-refractivity contribution is 0.160. The van der Waals surface area contributed by atoms with Crippen LogP contribution in [0.15, 0.2) is 24.3 Å². The Balaban J connectivity index is 1.76. The summed E-state index contributed by atoms with van der Waals surface area (Å²) in [7, 11) is 4.93. The molecule has 2 heterocycles. The van der Waals surface area contributed by atoms with Gasteiger partial charge in [-0.15, -0.1) is 0 Å². The summed E-state index contributed by atoms with van der Waals surface area (Å²) in [6.45, 7) is 1.88. The maximum Gasteiger partial charge on any atom is 0.161 e. The predicted octanol–water partition coefficient (Wildman–Crippen LogP) is 3.07. The van der Waals surface area contributed by atoms with Crippen molar-refractivity contribution in [2.24, 2.45) is 0 Å². The SMILES string of the molecule is COc1cc2c(cc1O)CCN1Cc3cc(OC)c(OC)cc3C[C@@H]21. The van der Waals surface area contributed by atoms with Crippen LogP contribution in [-0.2, 0) is 19.4 Å². The van der Waals surface area contributed by atoms with Gasteiger partial charge in [0.15, 0.2) is 23.0 Å². The molecule has 0 saturated carbocycles. The maximum absolute atomic E-state index is 10.1. The van der Waals surface area contributed by atoms with Crippen molar-refractivity contribution in [2.75, 3.05) is 27.9 Å². The number of nitrogens with zero attached hydrogens (tertiary/aromatic N) is 1. The van der Waals surface area contributed by atoms with Crippen LogP contribution in [0.4, 0.5) is 0 Å². The Bertz CT molecular complexity index is 818. The van der Waals surface area contributed by atoms with Gasteiger partial charge < -0.3 is 19.3 Å². The van der Waals surface area contributed by atoms with E-state index in [1.807, 2.05) is 12.1 Å². The van der Waals surface area contributed by atoms with Crippen molar-refractivity contribution in [3.8, 4) is 23.0 Å². The van der Waals surface area contributed by atoms with E-state index in [1.54, 1.807) is 21.3 Å². The zero-order chi connectivity index (χ0) is 17.6. The highest BCUT2D eigenvalue weighted by atomic mass is 16.5. The highest BCUT2D eigenvalue weighted by molar-refractivity contribution is 5.52. The Kier molecular flexibility index (Phi) is 3.96. The standard InChI is InChI=1S/C20H23NO4/c1-23-18-10-15-12(7-17(18)22)4-5-21-11-14-9-20(25-3)19(24-2)8-13(14)6-16(15)21/h7-10,16,22H,4-6,11H2,1-3H3/t16-/m0/s1. The second kappa shape index (κ2) is 6.15. The zero-order valence-corrected chi connectivity index (χ0v) is 14.8. The quantitative estimate of drug-likeness (QED) is 0.930. The summed E-state index contributed by atoms with van der Waals surface area (Å²) in [5.41, 5.74) is 5.05. The van der Waals surface area contributed by atoms with E-state index in [-0.39, 0.29) is 5.75 Å². The second-order valence-electron chi connectivity index (χ2n) is 6.64. The highest BCUT2D eigenvalue weighted by Crippen LogP contribution is 2.44. The molecular weight excluding hydrogens is 318 g/mol. The van der Waals surface area contributed by atoms with Crippen LogP contribution in [-0.4, -0.2) is 37.9 Å². The van der Waals surface area contributed by atoms with Crippen molar-refractivity contribution in [1.29, 1.82) is 0 Å². The first-order valence-electron chi connectivity index (χ1n) is 8.52. The van der Waals surface area contributed by atoms with Crippen LogP contribution in [0, 0.1) is 0 Å². The van der Waals surface area contributed by atoms with Crippen molar-refractivity contribution in [3.63, 3.8) is 0 Å². The van der Waals surface area contributed by atoms with E-state index < -0.39 is 0 Å². The van der Waals surface area contributed by atoms with Crippen molar-refractivity contribution in [1.82, 2.24) is 4.90 Å². The number of benzene rings is 2. The molecule has 0 aliphatic carbocycles. The Labute approximate surface area is 147 Å². The van der Waals surface area contributed by atoms with E-state index in [9.17, 15) is 5.11 Å². The van der Waals surface area contributed by atoms with Crippen LogP contribution >= 0.6 is 0 Å². The lowest BCUT2D eigenvalue weighted by Gasteiger charge is -2.41. The number of ether oxygens (including phenoxy) is 3. The Morgan fingerprint density at radius 2 is 1.56 bits per heavy atom. The third-order valence-electron chi connectivity index (χ3n) is 5.40. The van der Waals surface area contributed by atoms with E-state index in [2.05, 4.69) is 17.0 Å². The topological polar surface area (TPSA) is 51.2 Å². The molecule has 0 unspecified atom stereocenters. The molecule has 0 radical (unpaired) electrons. The van der Waals surface area contributed by atoms with Crippen LogP contribution in [0.25, 0.3) is 0 Å². The molecule has 4 rings (SSSR count). The summed E-state index contributed by atoms with van der Waals surface area (Å²) in [5.74, 6) is 2.31. The van der Waals surface area contributed by atoms with Gasteiger partial charge in [-0.3, -0.25) is 4.90 Å². The Hall–Kier alpha value is -2.40. The van der Waals surface area contributed by atoms with Gasteiger partial charge in [0.25, 0.3) is 0 Å². The first-order chi connectivity index (χ1) is 12.1. The summed E-state index contributed by atoms with van der Waals surface area (Å²) in [6.07, 6.45) is 1.85. The monoisotopic (exact) mass is 341 g/mol. The number of hydrogen-bond acceptors (Lipinski definition) is 5. The average molecular weight is 341 g/mol. The third-order valence-corrected chi connectivity index (χ3v) is 5.40. The largest absolute Gasteiger partial charge is 0.504 e. The Morgan fingerprint density at radius 3 is 2.24 bits per heavy atom. The number of hydrogen-bond donors (Lipinski definition) is 1. The van der Waals surface area contributed by atoms with E-state index in [1.165, 1.54) is 22.3 Å². The molecule has 2 aromatic carbocycles. The number of fused-ring (bicyclic) bond motifs is 4. The van der Waals surface area contributed by atoms with Crippen molar-refractivity contribution < 1.29 is 19.3 Å². The fourth-order valence-electron chi connectivity index (χ4n) is 4.09. The smallest absolute Gasteiger partial charge is 0.161 e. The zero-order valence-electron chi connectivity index (χ0n) is 14.8. The summed E-state index contributed by atoms with van der Waals surface area (Å²) < 4.78 is 16.2. The maximum atomic E-state index is 10.1. The number of aromatic hydroxyl groups is 1. The normalized spacial score (nSPS) is 18.8. The lowest BCUT2D eigenvalue weighted by atomic mass is 9.83. The minimum absolute atomic E-state index is 0.220. The van der Waals surface area contributed by atoms with Gasteiger partial charge in [-0.2, -0.15) is 0 Å². The second-order valence-corrected chi connectivity index (χ2v) is 6.64. The molecule has 0 saturated heterocycles. The summed E-state index contributed by atoms with van der Waals surface area (Å²) >= 11 is 0. The molecule has 1 atom stereocenters. The molecule has 1 N–H and O–H groups in total. The molecule has 5 heteroatoms. The van der Waals surface area contributed by atoms with Gasteiger partial charge in [-0.25, -0.2) is 0 Å². The molecule has 25 heavy (non-hydrogen) atoms. The van der Waals surface area contributed by atoms with Crippen LogP contribution in [0.5, 0.6) is 23.0 Å². The van der Waals surface area contributed by atoms with Gasteiger partial charge >= 0.3 is 0 Å². The van der Waals surface area contributed by atoms with E-state index in [0.717, 1.165) is 37.4 Å². The molecule has 0 bridgehead atoms. The first kappa shape index (κ1) is 16.1.